The van der Waals surface area contributed by atoms with Crippen LogP contribution in [0.3, 0.4) is 0 Å². The highest BCUT2D eigenvalue weighted by Gasteiger charge is 2.25. The molecule has 0 radical (unpaired) electrons. The highest BCUT2D eigenvalue weighted by Crippen LogP contribution is 2.24. The summed E-state index contributed by atoms with van der Waals surface area (Å²) in [4.78, 5) is 24.0. The van der Waals surface area contributed by atoms with Crippen LogP contribution in [0.1, 0.15) is 40.3 Å². The van der Waals surface area contributed by atoms with Crippen LogP contribution in [0.4, 0.5) is 0 Å². The molecule has 0 aliphatic rings. The summed E-state index contributed by atoms with van der Waals surface area (Å²) in [7, 11) is 2.58. The summed E-state index contributed by atoms with van der Waals surface area (Å²) in [6.07, 6.45) is 2.03. The number of aliphatic hydroxyl groups excluding tert-OH is 1. The van der Waals surface area contributed by atoms with E-state index in [4.69, 9.17) is 9.47 Å². The quantitative estimate of drug-likeness (QED) is 0.779. The molecule has 2 rings (SSSR count). The van der Waals surface area contributed by atoms with Crippen molar-refractivity contribution in [1.82, 2.24) is 4.57 Å². The van der Waals surface area contributed by atoms with Gasteiger partial charge in [0.25, 0.3) is 0 Å². The third-order valence-electron chi connectivity index (χ3n) is 4.07. The summed E-state index contributed by atoms with van der Waals surface area (Å²) in [5.74, 6) is -1.01. The molecule has 1 aromatic heterocycles. The minimum atomic E-state index is -0.881. The van der Waals surface area contributed by atoms with E-state index in [0.29, 0.717) is 17.7 Å². The summed E-state index contributed by atoms with van der Waals surface area (Å²) in [6, 6.07) is 9.89. The fourth-order valence-corrected chi connectivity index (χ4v) is 2.81. The number of hydrogen-bond acceptors (Lipinski definition) is 5. The van der Waals surface area contributed by atoms with Crippen molar-refractivity contribution in [3.05, 3.63) is 58.9 Å². The van der Waals surface area contributed by atoms with Crippen LogP contribution in [0.5, 0.6) is 0 Å². The summed E-state index contributed by atoms with van der Waals surface area (Å²) in [6.45, 7) is 1.57. The van der Waals surface area contributed by atoms with Crippen LogP contribution in [0, 0.1) is 0 Å². The molecule has 1 aromatic carbocycles. The van der Waals surface area contributed by atoms with Gasteiger partial charge in [-0.05, 0) is 30.9 Å². The molecule has 0 aliphatic carbocycles. The highest BCUT2D eigenvalue weighted by atomic mass is 16.5. The molecule has 0 spiro atoms. The van der Waals surface area contributed by atoms with Crippen LogP contribution in [-0.4, -0.2) is 35.8 Å². The van der Waals surface area contributed by atoms with Crippen molar-refractivity contribution in [3.63, 3.8) is 0 Å². The Hall–Kier alpha value is -2.60. The van der Waals surface area contributed by atoms with E-state index in [0.717, 1.165) is 17.5 Å². The average Bonchev–Trinajstić information content (AvgIpc) is 2.98. The van der Waals surface area contributed by atoms with Crippen LogP contribution < -0.4 is 0 Å². The van der Waals surface area contributed by atoms with Crippen molar-refractivity contribution < 1.29 is 24.2 Å². The van der Waals surface area contributed by atoms with Crippen LogP contribution >= 0.6 is 0 Å². The number of aromatic nitrogens is 1. The van der Waals surface area contributed by atoms with Gasteiger partial charge in [-0.2, -0.15) is 0 Å². The Labute approximate surface area is 147 Å². The van der Waals surface area contributed by atoms with Gasteiger partial charge in [-0.1, -0.05) is 30.3 Å². The molecule has 0 saturated carbocycles. The minimum absolute atomic E-state index is 0.114. The number of benzene rings is 1. The zero-order valence-electron chi connectivity index (χ0n) is 14.7. The van der Waals surface area contributed by atoms with Gasteiger partial charge in [-0.15, -0.1) is 0 Å². The molecule has 6 heteroatoms. The number of hydrogen-bond donors (Lipinski definition) is 1. The smallest absolute Gasteiger partial charge is 0.339 e. The SMILES string of the molecule is COC(=O)Cc1c(C(=O)OC)c(CCc2ccccc2)cn1C(C)O. The van der Waals surface area contributed by atoms with Crippen molar-refractivity contribution in [3.8, 4) is 0 Å². The molecule has 6 nitrogen and oxygen atoms in total. The number of methoxy groups -OCH3 is 2. The molecule has 134 valence electrons. The maximum atomic E-state index is 12.3. The van der Waals surface area contributed by atoms with Gasteiger partial charge in [0, 0.05) is 11.9 Å². The number of nitrogens with zero attached hydrogens (tertiary/aromatic N) is 1. The van der Waals surface area contributed by atoms with E-state index in [1.54, 1.807) is 13.1 Å². The van der Waals surface area contributed by atoms with Crippen molar-refractivity contribution >= 4 is 11.9 Å². The zero-order chi connectivity index (χ0) is 18.4. The van der Waals surface area contributed by atoms with Crippen molar-refractivity contribution in [2.24, 2.45) is 0 Å². The van der Waals surface area contributed by atoms with Gasteiger partial charge in [0.2, 0.25) is 0 Å². The highest BCUT2D eigenvalue weighted by molar-refractivity contribution is 5.94. The van der Waals surface area contributed by atoms with E-state index in [-0.39, 0.29) is 6.42 Å². The van der Waals surface area contributed by atoms with Gasteiger partial charge in [0.1, 0.15) is 6.23 Å². The molecule has 0 aliphatic heterocycles. The zero-order valence-corrected chi connectivity index (χ0v) is 14.7. The molecule has 1 N–H and O–H groups in total. The summed E-state index contributed by atoms with van der Waals surface area (Å²) >= 11 is 0. The lowest BCUT2D eigenvalue weighted by atomic mass is 10.0. The minimum Gasteiger partial charge on any atom is -0.469 e. The molecular formula is C19H23NO5. The fourth-order valence-electron chi connectivity index (χ4n) is 2.81. The number of aliphatic hydroxyl groups is 1. The Balaban J connectivity index is 2.41. The molecular weight excluding hydrogens is 322 g/mol. The van der Waals surface area contributed by atoms with Crippen LogP contribution in [-0.2, 0) is 33.5 Å². The molecule has 25 heavy (non-hydrogen) atoms. The van der Waals surface area contributed by atoms with Gasteiger partial charge in [0.15, 0.2) is 0 Å². The van der Waals surface area contributed by atoms with Gasteiger partial charge >= 0.3 is 11.9 Å². The predicted octanol–water partition coefficient (Wildman–Crippen LogP) is 2.29. The Bertz CT molecular complexity index is 734. The maximum Gasteiger partial charge on any atom is 0.339 e. The lowest BCUT2D eigenvalue weighted by Gasteiger charge is -2.12. The van der Waals surface area contributed by atoms with Gasteiger partial charge in [-0.3, -0.25) is 4.79 Å². The molecule has 2 aromatic rings. The number of aryl methyl sites for hydroxylation is 2. The number of ether oxygens (including phenoxy) is 2. The van der Waals surface area contributed by atoms with E-state index in [1.807, 2.05) is 30.3 Å². The average molecular weight is 345 g/mol. The lowest BCUT2D eigenvalue weighted by Crippen LogP contribution is -2.16. The van der Waals surface area contributed by atoms with Gasteiger partial charge in [0.05, 0.1) is 26.2 Å². The van der Waals surface area contributed by atoms with E-state index < -0.39 is 18.2 Å². The summed E-state index contributed by atoms with van der Waals surface area (Å²) in [5, 5.41) is 10.0. The van der Waals surface area contributed by atoms with E-state index in [2.05, 4.69) is 0 Å². The molecule has 0 amide bonds. The van der Waals surface area contributed by atoms with Crippen molar-refractivity contribution in [1.29, 1.82) is 0 Å². The lowest BCUT2D eigenvalue weighted by molar-refractivity contribution is -0.139. The second-order valence-electron chi connectivity index (χ2n) is 5.75. The first kappa shape index (κ1) is 18.7. The third kappa shape index (κ3) is 4.48. The number of carbonyl (C=O) groups excluding carboxylic acids is 2. The third-order valence-corrected chi connectivity index (χ3v) is 4.07. The fraction of sp³-hybridized carbons (Fsp3) is 0.368. The largest absolute Gasteiger partial charge is 0.469 e. The first-order valence-electron chi connectivity index (χ1n) is 8.07. The standard InChI is InChI=1S/C19H23NO5/c1-13(21)20-12-15(10-9-14-7-5-4-6-8-14)18(19(23)25-3)16(20)11-17(22)24-2/h4-8,12-13,21H,9-11H2,1-3H3. The van der Waals surface area contributed by atoms with Crippen LogP contribution in [0.25, 0.3) is 0 Å². The van der Waals surface area contributed by atoms with Gasteiger partial charge in [-0.25, -0.2) is 4.79 Å². The van der Waals surface area contributed by atoms with E-state index >= 15 is 0 Å². The summed E-state index contributed by atoms with van der Waals surface area (Å²) in [5.41, 5.74) is 2.59. The van der Waals surface area contributed by atoms with Crippen molar-refractivity contribution in [2.75, 3.05) is 14.2 Å². The van der Waals surface area contributed by atoms with Crippen LogP contribution in [0.15, 0.2) is 36.5 Å². The molecule has 1 atom stereocenters. The van der Waals surface area contributed by atoms with Gasteiger partial charge < -0.3 is 19.1 Å². The molecule has 1 unspecified atom stereocenters. The normalized spacial score (nSPS) is 11.8. The maximum absolute atomic E-state index is 12.3. The number of carbonyl (C=O) groups is 2. The first-order chi connectivity index (χ1) is 12.0. The topological polar surface area (TPSA) is 77.8 Å². The summed E-state index contributed by atoms with van der Waals surface area (Å²) < 4.78 is 11.1. The second kappa shape index (κ2) is 8.48. The Morgan fingerprint density at radius 1 is 1.12 bits per heavy atom. The Morgan fingerprint density at radius 3 is 2.36 bits per heavy atom. The van der Waals surface area contributed by atoms with Crippen molar-refractivity contribution in [2.45, 2.75) is 32.4 Å². The second-order valence-corrected chi connectivity index (χ2v) is 5.75. The number of rotatable bonds is 7. The van der Waals surface area contributed by atoms with E-state index in [9.17, 15) is 14.7 Å². The predicted molar refractivity (Wildman–Crippen MR) is 92.3 cm³/mol. The molecule has 0 saturated heterocycles. The Kier molecular flexibility index (Phi) is 6.36. The first-order valence-corrected chi connectivity index (χ1v) is 8.07. The van der Waals surface area contributed by atoms with E-state index in [1.165, 1.54) is 18.8 Å². The van der Waals surface area contributed by atoms with Crippen LogP contribution in [0.2, 0.25) is 0 Å². The molecule has 0 fully saturated rings. The Morgan fingerprint density at radius 2 is 1.80 bits per heavy atom. The molecule has 1 heterocycles. The molecule has 0 bridgehead atoms. The number of esters is 2. The monoisotopic (exact) mass is 345 g/mol.